The van der Waals surface area contributed by atoms with Crippen LogP contribution < -0.4 is 10.1 Å². The second kappa shape index (κ2) is 8.35. The molecule has 0 fully saturated rings. The van der Waals surface area contributed by atoms with Crippen LogP contribution in [0.15, 0.2) is 67.1 Å². The van der Waals surface area contributed by atoms with Gasteiger partial charge in [-0.2, -0.15) is 10.2 Å². The van der Waals surface area contributed by atoms with Gasteiger partial charge in [-0.1, -0.05) is 24.3 Å². The van der Waals surface area contributed by atoms with Gasteiger partial charge in [0.15, 0.2) is 0 Å². The molecule has 0 aliphatic heterocycles. The van der Waals surface area contributed by atoms with Crippen molar-refractivity contribution < 1.29 is 9.13 Å². The van der Waals surface area contributed by atoms with Gasteiger partial charge in [-0.05, 0) is 43.5 Å². The van der Waals surface area contributed by atoms with Gasteiger partial charge >= 0.3 is 0 Å². The molecule has 2 heterocycles. The van der Waals surface area contributed by atoms with Crippen LogP contribution in [0.2, 0.25) is 0 Å². The van der Waals surface area contributed by atoms with E-state index in [9.17, 15) is 4.39 Å². The first kappa shape index (κ1) is 19.5. The third-order valence-corrected chi connectivity index (χ3v) is 5.78. The number of ether oxygens (including phenoxy) is 1. The summed E-state index contributed by atoms with van der Waals surface area (Å²) in [7, 11) is 1.66. The Labute approximate surface area is 180 Å². The molecule has 0 unspecified atom stereocenters. The molecule has 0 amide bonds. The maximum atomic E-state index is 14.3. The van der Waals surface area contributed by atoms with E-state index in [1.807, 2.05) is 53.6 Å². The fourth-order valence-corrected chi connectivity index (χ4v) is 4.24. The first-order valence-electron chi connectivity index (χ1n) is 10.5. The van der Waals surface area contributed by atoms with Gasteiger partial charge in [0.1, 0.15) is 22.9 Å². The van der Waals surface area contributed by atoms with Gasteiger partial charge in [-0.15, -0.1) is 0 Å². The predicted octanol–water partition coefficient (Wildman–Crippen LogP) is 4.37. The number of rotatable bonds is 6. The minimum Gasteiger partial charge on any atom is -0.494 e. The number of hydrogen-bond acceptors (Lipinski definition) is 4. The van der Waals surface area contributed by atoms with E-state index in [0.717, 1.165) is 47.5 Å². The molecule has 6 nitrogen and oxygen atoms in total. The SMILES string of the molecule is COc1ccccc1-n1cc(CN[C@@H]2CCCc3c2cnn3-c2ccccc2F)cn1. The average molecular weight is 417 g/mol. The van der Waals surface area contributed by atoms with E-state index in [2.05, 4.69) is 15.5 Å². The highest BCUT2D eigenvalue weighted by atomic mass is 19.1. The predicted molar refractivity (Wildman–Crippen MR) is 116 cm³/mol. The molecule has 0 bridgehead atoms. The average Bonchev–Trinajstić information content (AvgIpc) is 3.45. The fourth-order valence-electron chi connectivity index (χ4n) is 4.24. The molecule has 7 heteroatoms. The Morgan fingerprint density at radius 1 is 1.06 bits per heavy atom. The van der Waals surface area contributed by atoms with Crippen LogP contribution in [0.5, 0.6) is 5.75 Å². The molecule has 2 aromatic heterocycles. The van der Waals surface area contributed by atoms with E-state index in [4.69, 9.17) is 4.74 Å². The number of para-hydroxylation sites is 3. The molecular formula is C24H24FN5O. The molecule has 0 saturated heterocycles. The second-order valence-electron chi connectivity index (χ2n) is 7.70. The fraction of sp³-hybridized carbons (Fsp3) is 0.250. The Bertz CT molecular complexity index is 1200. The first-order chi connectivity index (χ1) is 15.2. The standard InChI is InChI=1S/C24H24FN5O/c1-31-24-12-5-4-10-23(24)29-16-17(14-27-29)13-26-20-8-6-11-21-18(20)15-28-30(21)22-9-3-2-7-19(22)25/h2-5,7,9-10,12,14-16,20,26H,6,8,11,13H2,1H3/t20-/m1/s1. The Morgan fingerprint density at radius 3 is 2.71 bits per heavy atom. The summed E-state index contributed by atoms with van der Waals surface area (Å²) < 4.78 is 23.3. The molecule has 1 atom stereocenters. The molecular weight excluding hydrogens is 393 g/mol. The summed E-state index contributed by atoms with van der Waals surface area (Å²) in [6, 6.07) is 14.8. The first-order valence-corrected chi connectivity index (χ1v) is 10.5. The molecule has 4 aromatic rings. The van der Waals surface area contributed by atoms with Crippen molar-refractivity contribution in [3.8, 4) is 17.1 Å². The van der Waals surface area contributed by atoms with Crippen LogP contribution >= 0.6 is 0 Å². The van der Waals surface area contributed by atoms with Gasteiger partial charge in [-0.3, -0.25) is 0 Å². The van der Waals surface area contributed by atoms with Gasteiger partial charge in [0.2, 0.25) is 0 Å². The Balaban J connectivity index is 1.33. The molecule has 1 N–H and O–H groups in total. The van der Waals surface area contributed by atoms with Gasteiger partial charge in [0.25, 0.3) is 0 Å². The summed E-state index contributed by atoms with van der Waals surface area (Å²) in [4.78, 5) is 0. The summed E-state index contributed by atoms with van der Waals surface area (Å²) in [5.41, 5.74) is 4.72. The van der Waals surface area contributed by atoms with E-state index in [1.54, 1.807) is 23.9 Å². The van der Waals surface area contributed by atoms with Crippen LogP contribution in [0.3, 0.4) is 0 Å². The number of halogens is 1. The molecule has 0 spiro atoms. The van der Waals surface area contributed by atoms with E-state index < -0.39 is 0 Å². The van der Waals surface area contributed by atoms with Crippen LogP contribution in [-0.4, -0.2) is 26.7 Å². The number of aromatic nitrogens is 4. The third kappa shape index (κ3) is 3.72. The van der Waals surface area contributed by atoms with Crippen LogP contribution in [0, 0.1) is 5.82 Å². The summed E-state index contributed by atoms with van der Waals surface area (Å²) >= 11 is 0. The highest BCUT2D eigenvalue weighted by Crippen LogP contribution is 2.32. The number of nitrogens with zero attached hydrogens (tertiary/aromatic N) is 4. The minimum atomic E-state index is -0.257. The van der Waals surface area contributed by atoms with Crippen molar-refractivity contribution >= 4 is 0 Å². The third-order valence-electron chi connectivity index (χ3n) is 5.78. The maximum Gasteiger partial charge on any atom is 0.148 e. The lowest BCUT2D eigenvalue weighted by molar-refractivity contribution is 0.411. The van der Waals surface area contributed by atoms with Crippen molar-refractivity contribution in [2.45, 2.75) is 31.8 Å². The smallest absolute Gasteiger partial charge is 0.148 e. The van der Waals surface area contributed by atoms with Crippen molar-refractivity contribution in [3.05, 3.63) is 89.8 Å². The lowest BCUT2D eigenvalue weighted by Gasteiger charge is -2.24. The second-order valence-corrected chi connectivity index (χ2v) is 7.70. The van der Waals surface area contributed by atoms with Gasteiger partial charge in [0.05, 0.1) is 19.5 Å². The Kier molecular flexibility index (Phi) is 5.26. The summed E-state index contributed by atoms with van der Waals surface area (Å²) in [6.45, 7) is 0.685. The van der Waals surface area contributed by atoms with Crippen LogP contribution in [0.1, 0.15) is 35.7 Å². The van der Waals surface area contributed by atoms with Crippen molar-refractivity contribution in [1.82, 2.24) is 24.9 Å². The van der Waals surface area contributed by atoms with Crippen molar-refractivity contribution in [1.29, 1.82) is 0 Å². The Hall–Kier alpha value is -3.45. The van der Waals surface area contributed by atoms with Gasteiger partial charge in [0, 0.05) is 35.6 Å². The van der Waals surface area contributed by atoms with E-state index in [1.165, 1.54) is 6.07 Å². The maximum absolute atomic E-state index is 14.3. The van der Waals surface area contributed by atoms with Gasteiger partial charge < -0.3 is 10.1 Å². The number of hydrogen-bond donors (Lipinski definition) is 1. The minimum absolute atomic E-state index is 0.180. The molecule has 0 radical (unpaired) electrons. The summed E-state index contributed by atoms with van der Waals surface area (Å²) in [6.07, 6.45) is 8.70. The van der Waals surface area contributed by atoms with Crippen LogP contribution in [-0.2, 0) is 13.0 Å². The largest absolute Gasteiger partial charge is 0.494 e. The zero-order valence-corrected chi connectivity index (χ0v) is 17.3. The zero-order valence-electron chi connectivity index (χ0n) is 17.3. The zero-order chi connectivity index (χ0) is 21.2. The van der Waals surface area contributed by atoms with E-state index in [0.29, 0.717) is 12.2 Å². The highest BCUT2D eigenvalue weighted by Gasteiger charge is 2.25. The highest BCUT2D eigenvalue weighted by molar-refractivity contribution is 5.46. The van der Waals surface area contributed by atoms with Crippen LogP contribution in [0.25, 0.3) is 11.4 Å². The van der Waals surface area contributed by atoms with Crippen LogP contribution in [0.4, 0.5) is 4.39 Å². The van der Waals surface area contributed by atoms with E-state index in [-0.39, 0.29) is 11.9 Å². The molecule has 5 rings (SSSR count). The number of benzene rings is 2. The lowest BCUT2D eigenvalue weighted by atomic mass is 9.92. The summed E-state index contributed by atoms with van der Waals surface area (Å²) in [5.74, 6) is 0.523. The normalized spacial score (nSPS) is 15.6. The monoisotopic (exact) mass is 417 g/mol. The molecule has 158 valence electrons. The molecule has 1 aliphatic carbocycles. The number of nitrogens with one attached hydrogen (secondary N) is 1. The van der Waals surface area contributed by atoms with Crippen molar-refractivity contribution in [3.63, 3.8) is 0 Å². The molecule has 31 heavy (non-hydrogen) atoms. The summed E-state index contributed by atoms with van der Waals surface area (Å²) in [5, 5.41) is 12.6. The Morgan fingerprint density at radius 2 is 1.87 bits per heavy atom. The molecule has 1 aliphatic rings. The topological polar surface area (TPSA) is 56.9 Å². The number of fused-ring (bicyclic) bond motifs is 1. The van der Waals surface area contributed by atoms with Crippen molar-refractivity contribution in [2.24, 2.45) is 0 Å². The van der Waals surface area contributed by atoms with Crippen molar-refractivity contribution in [2.75, 3.05) is 7.11 Å². The number of methoxy groups -OCH3 is 1. The lowest BCUT2D eigenvalue weighted by Crippen LogP contribution is -2.25. The molecule has 2 aromatic carbocycles. The quantitative estimate of drug-likeness (QED) is 0.506. The van der Waals surface area contributed by atoms with Gasteiger partial charge in [-0.25, -0.2) is 13.8 Å². The molecule has 0 saturated carbocycles. The van der Waals surface area contributed by atoms with E-state index >= 15 is 0 Å².